The Morgan fingerprint density at radius 2 is 1.93 bits per heavy atom. The summed E-state index contributed by atoms with van der Waals surface area (Å²) in [4.78, 5) is 42.3. The topological polar surface area (TPSA) is 101 Å². The van der Waals surface area contributed by atoms with Crippen molar-refractivity contribution in [1.29, 1.82) is 0 Å². The van der Waals surface area contributed by atoms with Gasteiger partial charge >= 0.3 is 11.8 Å². The molecule has 0 unspecified atom stereocenters. The number of carbonyl (C=O) groups excluding carboxylic acids is 3. The lowest BCUT2D eigenvalue weighted by Crippen LogP contribution is -2.43. The van der Waals surface area contributed by atoms with Gasteiger partial charge in [-0.1, -0.05) is 6.07 Å². The molecule has 29 heavy (non-hydrogen) atoms. The third kappa shape index (κ3) is 5.54. The summed E-state index contributed by atoms with van der Waals surface area (Å²) >= 11 is 0. The highest BCUT2D eigenvalue weighted by atomic mass is 16.5. The van der Waals surface area contributed by atoms with E-state index in [4.69, 9.17) is 4.74 Å². The van der Waals surface area contributed by atoms with Crippen LogP contribution in [-0.4, -0.2) is 54.3 Å². The number of likely N-dealkylation sites (tertiary alicyclic amines) is 1. The number of methoxy groups -OCH3 is 1. The van der Waals surface area contributed by atoms with Crippen LogP contribution in [0.5, 0.6) is 5.75 Å². The predicted octanol–water partition coefficient (Wildman–Crippen LogP) is 1.70. The molecule has 0 atom stereocenters. The zero-order valence-corrected chi connectivity index (χ0v) is 16.3. The van der Waals surface area contributed by atoms with E-state index in [2.05, 4.69) is 15.6 Å². The standard InChI is InChI=1S/C21H24N4O4/c1-29-18-6-2-5-17(12-18)24-20(27)19(26)23-13-15-7-10-25(11-8-15)21(28)16-4-3-9-22-14-16/h2-6,9,12,14-15H,7-8,10-11,13H2,1H3,(H,23,26)(H,24,27). The molecule has 8 heteroatoms. The Bertz CT molecular complexity index is 864. The minimum absolute atomic E-state index is 0.0294. The molecule has 2 N–H and O–H groups in total. The molecule has 3 amide bonds. The van der Waals surface area contributed by atoms with Gasteiger partial charge < -0.3 is 20.3 Å². The van der Waals surface area contributed by atoms with Gasteiger partial charge in [0, 0.05) is 43.8 Å². The van der Waals surface area contributed by atoms with Crippen molar-refractivity contribution in [2.24, 2.45) is 5.92 Å². The van der Waals surface area contributed by atoms with Crippen molar-refractivity contribution in [3.8, 4) is 5.75 Å². The van der Waals surface area contributed by atoms with Gasteiger partial charge in [0.25, 0.3) is 5.91 Å². The van der Waals surface area contributed by atoms with E-state index in [9.17, 15) is 14.4 Å². The molecule has 0 spiro atoms. The van der Waals surface area contributed by atoms with Crippen LogP contribution in [-0.2, 0) is 9.59 Å². The van der Waals surface area contributed by atoms with Crippen molar-refractivity contribution >= 4 is 23.4 Å². The summed E-state index contributed by atoms with van der Waals surface area (Å²) in [6.45, 7) is 1.63. The lowest BCUT2D eigenvalue weighted by atomic mass is 9.96. The maximum absolute atomic E-state index is 12.4. The highest BCUT2D eigenvalue weighted by molar-refractivity contribution is 6.39. The van der Waals surface area contributed by atoms with Crippen LogP contribution in [0.3, 0.4) is 0 Å². The van der Waals surface area contributed by atoms with Crippen molar-refractivity contribution in [2.45, 2.75) is 12.8 Å². The molecule has 0 aliphatic carbocycles. The van der Waals surface area contributed by atoms with Crippen LogP contribution in [0.4, 0.5) is 5.69 Å². The largest absolute Gasteiger partial charge is 0.497 e. The minimum atomic E-state index is -0.720. The van der Waals surface area contributed by atoms with Gasteiger partial charge in [-0.05, 0) is 43.0 Å². The SMILES string of the molecule is COc1cccc(NC(=O)C(=O)NCC2CCN(C(=O)c3cccnc3)CC2)c1. The van der Waals surface area contributed by atoms with Crippen LogP contribution in [0.1, 0.15) is 23.2 Å². The molecule has 8 nitrogen and oxygen atoms in total. The average molecular weight is 396 g/mol. The summed E-state index contributed by atoms with van der Waals surface area (Å²) in [5.41, 5.74) is 1.07. The molecule has 0 radical (unpaired) electrons. The van der Waals surface area contributed by atoms with E-state index in [1.54, 1.807) is 53.7 Å². The van der Waals surface area contributed by atoms with E-state index < -0.39 is 11.8 Å². The van der Waals surface area contributed by atoms with Crippen LogP contribution in [0.2, 0.25) is 0 Å². The normalized spacial score (nSPS) is 14.2. The smallest absolute Gasteiger partial charge is 0.313 e. The number of hydrogen-bond acceptors (Lipinski definition) is 5. The van der Waals surface area contributed by atoms with Crippen molar-refractivity contribution in [3.63, 3.8) is 0 Å². The van der Waals surface area contributed by atoms with Crippen LogP contribution < -0.4 is 15.4 Å². The molecule has 1 aromatic carbocycles. The summed E-state index contributed by atoms with van der Waals surface area (Å²) in [7, 11) is 1.53. The average Bonchev–Trinajstić information content (AvgIpc) is 2.78. The molecule has 0 bridgehead atoms. The summed E-state index contributed by atoms with van der Waals surface area (Å²) < 4.78 is 5.09. The van der Waals surface area contributed by atoms with Gasteiger partial charge in [0.2, 0.25) is 0 Å². The Kier molecular flexibility index (Phi) is 6.78. The second-order valence-corrected chi connectivity index (χ2v) is 6.87. The fourth-order valence-electron chi connectivity index (χ4n) is 3.22. The van der Waals surface area contributed by atoms with Crippen molar-refractivity contribution in [2.75, 3.05) is 32.1 Å². The molecule has 1 saturated heterocycles. The zero-order chi connectivity index (χ0) is 20.6. The minimum Gasteiger partial charge on any atom is -0.497 e. The summed E-state index contributed by atoms with van der Waals surface area (Å²) in [5, 5.41) is 5.24. The van der Waals surface area contributed by atoms with E-state index in [-0.39, 0.29) is 11.8 Å². The molecule has 1 aliphatic heterocycles. The van der Waals surface area contributed by atoms with Gasteiger partial charge in [-0.15, -0.1) is 0 Å². The third-order valence-electron chi connectivity index (χ3n) is 4.90. The lowest BCUT2D eigenvalue weighted by molar-refractivity contribution is -0.136. The summed E-state index contributed by atoms with van der Waals surface area (Å²) in [5.74, 6) is -0.611. The molecular weight excluding hydrogens is 372 g/mol. The quantitative estimate of drug-likeness (QED) is 0.749. The highest BCUT2D eigenvalue weighted by Crippen LogP contribution is 2.19. The molecule has 152 valence electrons. The van der Waals surface area contributed by atoms with Gasteiger partial charge in [-0.3, -0.25) is 19.4 Å². The summed E-state index contributed by atoms with van der Waals surface area (Å²) in [6.07, 6.45) is 4.74. The van der Waals surface area contributed by atoms with Crippen molar-refractivity contribution < 1.29 is 19.1 Å². The third-order valence-corrected chi connectivity index (χ3v) is 4.90. The van der Waals surface area contributed by atoms with E-state index >= 15 is 0 Å². The molecule has 1 fully saturated rings. The van der Waals surface area contributed by atoms with Crippen LogP contribution in [0, 0.1) is 5.92 Å². The predicted molar refractivity (Wildman–Crippen MR) is 107 cm³/mol. The van der Waals surface area contributed by atoms with Gasteiger partial charge in [0.05, 0.1) is 12.7 Å². The fraction of sp³-hybridized carbons (Fsp3) is 0.333. The Morgan fingerprint density at radius 1 is 1.14 bits per heavy atom. The number of benzene rings is 1. The highest BCUT2D eigenvalue weighted by Gasteiger charge is 2.24. The van der Waals surface area contributed by atoms with Gasteiger partial charge in [0.1, 0.15) is 5.75 Å². The molecule has 1 aromatic heterocycles. The van der Waals surface area contributed by atoms with E-state index in [1.807, 2.05) is 0 Å². The van der Waals surface area contributed by atoms with Gasteiger partial charge in [-0.2, -0.15) is 0 Å². The zero-order valence-electron chi connectivity index (χ0n) is 16.3. The Labute approximate surface area is 169 Å². The second-order valence-electron chi connectivity index (χ2n) is 6.87. The lowest BCUT2D eigenvalue weighted by Gasteiger charge is -2.32. The first-order chi connectivity index (χ1) is 14.1. The molecule has 2 heterocycles. The number of carbonyl (C=O) groups is 3. The number of ether oxygens (including phenoxy) is 1. The summed E-state index contributed by atoms with van der Waals surface area (Å²) in [6, 6.07) is 10.3. The monoisotopic (exact) mass is 396 g/mol. The van der Waals surface area contributed by atoms with Gasteiger partial charge in [-0.25, -0.2) is 0 Å². The van der Waals surface area contributed by atoms with Crippen molar-refractivity contribution in [1.82, 2.24) is 15.2 Å². The van der Waals surface area contributed by atoms with Crippen LogP contribution in [0.25, 0.3) is 0 Å². The van der Waals surface area contributed by atoms with Gasteiger partial charge in [0.15, 0.2) is 0 Å². The van der Waals surface area contributed by atoms with E-state index in [1.165, 1.54) is 7.11 Å². The number of amides is 3. The Balaban J connectivity index is 1.42. The molecule has 1 aliphatic rings. The molecule has 0 saturated carbocycles. The van der Waals surface area contributed by atoms with E-state index in [0.29, 0.717) is 36.6 Å². The molecule has 3 rings (SSSR count). The van der Waals surface area contributed by atoms with E-state index in [0.717, 1.165) is 12.8 Å². The molecule has 2 aromatic rings. The number of pyridine rings is 1. The maximum Gasteiger partial charge on any atom is 0.313 e. The first kappa shape index (κ1) is 20.3. The second kappa shape index (κ2) is 9.68. The number of nitrogens with zero attached hydrogens (tertiary/aromatic N) is 2. The number of rotatable bonds is 5. The Morgan fingerprint density at radius 3 is 2.62 bits per heavy atom. The number of hydrogen-bond donors (Lipinski definition) is 2. The number of anilines is 1. The van der Waals surface area contributed by atoms with Crippen LogP contribution >= 0.6 is 0 Å². The first-order valence-electron chi connectivity index (χ1n) is 9.49. The van der Waals surface area contributed by atoms with Crippen LogP contribution in [0.15, 0.2) is 48.8 Å². The Hall–Kier alpha value is -3.42. The molecular formula is C21H24N4O4. The number of aromatic nitrogens is 1. The number of nitrogens with one attached hydrogen (secondary N) is 2. The van der Waals surface area contributed by atoms with Crippen molar-refractivity contribution in [3.05, 3.63) is 54.4 Å². The maximum atomic E-state index is 12.4. The fourth-order valence-corrected chi connectivity index (χ4v) is 3.22. The first-order valence-corrected chi connectivity index (χ1v) is 9.49. The number of piperidine rings is 1.